The molecule has 0 fully saturated rings. The summed E-state index contributed by atoms with van der Waals surface area (Å²) in [4.78, 5) is 16.4. The molecular formula is C17H21N3O3. The normalized spacial score (nSPS) is 16.1. The van der Waals surface area contributed by atoms with Gasteiger partial charge in [-0.05, 0) is 13.0 Å². The molecule has 0 N–H and O–H groups in total. The number of carbonyl (C=O) groups excluding carboxylic acids is 1. The van der Waals surface area contributed by atoms with Gasteiger partial charge < -0.3 is 14.2 Å². The fourth-order valence-electron chi connectivity index (χ4n) is 2.67. The highest BCUT2D eigenvalue weighted by molar-refractivity contribution is 5.78. The molecule has 1 aliphatic heterocycles. The van der Waals surface area contributed by atoms with Crippen LogP contribution in [-0.2, 0) is 11.3 Å². The van der Waals surface area contributed by atoms with E-state index in [1.54, 1.807) is 18.0 Å². The number of rotatable bonds is 4. The summed E-state index contributed by atoms with van der Waals surface area (Å²) >= 11 is 0. The lowest BCUT2D eigenvalue weighted by atomic mass is 10.2. The number of nitrogens with zero attached hydrogens (tertiary/aromatic N) is 3. The van der Waals surface area contributed by atoms with Crippen LogP contribution in [0.25, 0.3) is 0 Å². The van der Waals surface area contributed by atoms with Gasteiger partial charge in [0.15, 0.2) is 0 Å². The topological polar surface area (TPSA) is 58.8 Å². The maximum atomic E-state index is 12.6. The first-order valence-electron chi connectivity index (χ1n) is 7.74. The number of amides is 1. The van der Waals surface area contributed by atoms with Crippen LogP contribution >= 0.6 is 0 Å². The van der Waals surface area contributed by atoms with Crippen molar-refractivity contribution in [3.63, 3.8) is 0 Å². The van der Waals surface area contributed by atoms with E-state index < -0.39 is 0 Å². The predicted octanol–water partition coefficient (Wildman–Crippen LogP) is 2.09. The number of benzene rings is 1. The molecule has 2 aromatic rings. The zero-order valence-corrected chi connectivity index (χ0v) is 13.4. The van der Waals surface area contributed by atoms with Crippen molar-refractivity contribution < 1.29 is 14.1 Å². The Labute approximate surface area is 135 Å². The van der Waals surface area contributed by atoms with Crippen molar-refractivity contribution >= 4 is 5.91 Å². The molecule has 2 heterocycles. The van der Waals surface area contributed by atoms with Gasteiger partial charge in [-0.15, -0.1) is 0 Å². The molecule has 0 aliphatic carbocycles. The maximum absolute atomic E-state index is 12.6. The van der Waals surface area contributed by atoms with Crippen LogP contribution in [0.1, 0.15) is 24.2 Å². The van der Waals surface area contributed by atoms with Gasteiger partial charge in [-0.1, -0.05) is 23.4 Å². The highest BCUT2D eigenvalue weighted by atomic mass is 16.5. The van der Waals surface area contributed by atoms with Gasteiger partial charge in [0.05, 0.1) is 12.6 Å². The average Bonchev–Trinajstić information content (AvgIpc) is 3.01. The zero-order valence-electron chi connectivity index (χ0n) is 13.4. The molecule has 1 atom stereocenters. The van der Waals surface area contributed by atoms with Crippen molar-refractivity contribution in [2.75, 3.05) is 26.7 Å². The molecule has 1 aliphatic rings. The minimum absolute atomic E-state index is 0.0554. The molecular weight excluding hydrogens is 294 g/mol. The highest BCUT2D eigenvalue weighted by Crippen LogP contribution is 2.23. The second-order valence-corrected chi connectivity index (χ2v) is 5.77. The summed E-state index contributed by atoms with van der Waals surface area (Å²) < 4.78 is 10.6. The largest absolute Gasteiger partial charge is 0.492 e. The summed E-state index contributed by atoms with van der Waals surface area (Å²) in [5, 5.41) is 3.91. The summed E-state index contributed by atoms with van der Waals surface area (Å²) in [7, 11) is 1.80. The number of hydrogen-bond donors (Lipinski definition) is 0. The Balaban J connectivity index is 1.63. The SMILES string of the molecule is CC(c1ccon1)N(C)C(=O)CN1CCOc2ccccc2C1. The molecule has 6 heteroatoms. The van der Waals surface area contributed by atoms with Gasteiger partial charge in [0.25, 0.3) is 0 Å². The summed E-state index contributed by atoms with van der Waals surface area (Å²) in [6.07, 6.45) is 1.52. The smallest absolute Gasteiger partial charge is 0.237 e. The van der Waals surface area contributed by atoms with Crippen LogP contribution in [0.5, 0.6) is 5.75 Å². The van der Waals surface area contributed by atoms with E-state index in [-0.39, 0.29) is 11.9 Å². The molecule has 0 radical (unpaired) electrons. The van der Waals surface area contributed by atoms with E-state index in [1.807, 2.05) is 31.2 Å². The first-order chi connectivity index (χ1) is 11.1. The highest BCUT2D eigenvalue weighted by Gasteiger charge is 2.23. The minimum Gasteiger partial charge on any atom is -0.492 e. The van der Waals surface area contributed by atoms with Gasteiger partial charge in [0.2, 0.25) is 5.91 Å². The Morgan fingerprint density at radius 1 is 1.39 bits per heavy atom. The zero-order chi connectivity index (χ0) is 16.2. The Morgan fingerprint density at radius 3 is 3.00 bits per heavy atom. The van der Waals surface area contributed by atoms with Crippen LogP contribution in [0.15, 0.2) is 41.1 Å². The van der Waals surface area contributed by atoms with Crippen LogP contribution in [0.2, 0.25) is 0 Å². The van der Waals surface area contributed by atoms with Crippen molar-refractivity contribution in [3.05, 3.63) is 47.9 Å². The fraction of sp³-hybridized carbons (Fsp3) is 0.412. The van der Waals surface area contributed by atoms with Gasteiger partial charge in [-0.3, -0.25) is 9.69 Å². The molecule has 1 unspecified atom stereocenters. The first kappa shape index (κ1) is 15.6. The van der Waals surface area contributed by atoms with Gasteiger partial charge in [0, 0.05) is 31.8 Å². The molecule has 23 heavy (non-hydrogen) atoms. The number of likely N-dealkylation sites (N-methyl/N-ethyl adjacent to an activating group) is 1. The molecule has 0 bridgehead atoms. The number of carbonyl (C=O) groups is 1. The Bertz CT molecular complexity index is 657. The first-order valence-corrected chi connectivity index (χ1v) is 7.74. The van der Waals surface area contributed by atoms with Gasteiger partial charge in [0.1, 0.15) is 24.3 Å². The van der Waals surface area contributed by atoms with Crippen LogP contribution in [0, 0.1) is 0 Å². The van der Waals surface area contributed by atoms with Crippen LogP contribution in [0.4, 0.5) is 0 Å². The van der Waals surface area contributed by atoms with Crippen LogP contribution < -0.4 is 4.74 Å². The van der Waals surface area contributed by atoms with Crippen molar-refractivity contribution in [2.45, 2.75) is 19.5 Å². The average molecular weight is 315 g/mol. The third kappa shape index (κ3) is 3.53. The monoisotopic (exact) mass is 315 g/mol. The second kappa shape index (κ2) is 6.83. The maximum Gasteiger partial charge on any atom is 0.237 e. The lowest BCUT2D eigenvalue weighted by molar-refractivity contribution is -0.133. The van der Waals surface area contributed by atoms with Crippen LogP contribution in [0.3, 0.4) is 0 Å². The predicted molar refractivity (Wildman–Crippen MR) is 84.9 cm³/mol. The van der Waals surface area contributed by atoms with E-state index in [0.29, 0.717) is 19.7 Å². The molecule has 0 spiro atoms. The Hall–Kier alpha value is -2.34. The molecule has 1 amide bonds. The van der Waals surface area contributed by atoms with E-state index in [0.717, 1.165) is 23.6 Å². The van der Waals surface area contributed by atoms with E-state index in [1.165, 1.54) is 6.26 Å². The number of fused-ring (bicyclic) bond motifs is 1. The Morgan fingerprint density at radius 2 is 2.22 bits per heavy atom. The van der Waals surface area contributed by atoms with E-state index in [4.69, 9.17) is 9.26 Å². The second-order valence-electron chi connectivity index (χ2n) is 5.77. The Kier molecular flexibility index (Phi) is 4.62. The quantitative estimate of drug-likeness (QED) is 0.864. The summed E-state index contributed by atoms with van der Waals surface area (Å²) in [6.45, 7) is 4.33. The van der Waals surface area contributed by atoms with Crippen LogP contribution in [-0.4, -0.2) is 47.6 Å². The summed E-state index contributed by atoms with van der Waals surface area (Å²) in [5.74, 6) is 0.964. The van der Waals surface area contributed by atoms with Gasteiger partial charge >= 0.3 is 0 Å². The van der Waals surface area contributed by atoms with Gasteiger partial charge in [-0.25, -0.2) is 0 Å². The van der Waals surface area contributed by atoms with E-state index >= 15 is 0 Å². The minimum atomic E-state index is -0.114. The van der Waals surface area contributed by atoms with Crippen molar-refractivity contribution in [3.8, 4) is 5.75 Å². The lowest BCUT2D eigenvalue weighted by Crippen LogP contribution is -2.40. The lowest BCUT2D eigenvalue weighted by Gasteiger charge is -2.26. The molecule has 6 nitrogen and oxygen atoms in total. The summed E-state index contributed by atoms with van der Waals surface area (Å²) in [6, 6.07) is 9.64. The molecule has 0 saturated heterocycles. The summed E-state index contributed by atoms with van der Waals surface area (Å²) in [5.41, 5.74) is 1.87. The molecule has 1 aromatic carbocycles. The number of ether oxygens (including phenoxy) is 1. The molecule has 3 rings (SSSR count). The van der Waals surface area contributed by atoms with Crippen molar-refractivity contribution in [2.24, 2.45) is 0 Å². The molecule has 1 aromatic heterocycles. The number of aromatic nitrogens is 1. The van der Waals surface area contributed by atoms with Crippen molar-refractivity contribution in [1.29, 1.82) is 0 Å². The standard InChI is InChI=1S/C17H21N3O3/c1-13(15-7-9-23-18-15)19(2)17(21)12-20-8-10-22-16-6-4-3-5-14(16)11-20/h3-7,9,13H,8,10-12H2,1-2H3. The number of para-hydroxylation sites is 1. The molecule has 122 valence electrons. The van der Waals surface area contributed by atoms with Crippen molar-refractivity contribution in [1.82, 2.24) is 15.0 Å². The third-order valence-corrected chi connectivity index (χ3v) is 4.25. The van der Waals surface area contributed by atoms with Gasteiger partial charge in [-0.2, -0.15) is 0 Å². The van der Waals surface area contributed by atoms with E-state index in [9.17, 15) is 4.79 Å². The third-order valence-electron chi connectivity index (χ3n) is 4.25. The number of hydrogen-bond acceptors (Lipinski definition) is 5. The molecule has 0 saturated carbocycles. The fourth-order valence-corrected chi connectivity index (χ4v) is 2.67. The van der Waals surface area contributed by atoms with E-state index in [2.05, 4.69) is 10.1 Å².